The fourth-order valence-corrected chi connectivity index (χ4v) is 4.12. The van der Waals surface area contributed by atoms with Crippen LogP contribution in [-0.2, 0) is 19.0 Å². The summed E-state index contributed by atoms with van der Waals surface area (Å²) in [6, 6.07) is 17.5. The van der Waals surface area contributed by atoms with Crippen LogP contribution in [0.5, 0.6) is 0 Å². The third-order valence-corrected chi connectivity index (χ3v) is 5.54. The number of aromatic nitrogens is 2. The van der Waals surface area contributed by atoms with Gasteiger partial charge in [-0.3, -0.25) is 0 Å². The number of nitrogens with one attached hydrogen (secondary N) is 2. The van der Waals surface area contributed by atoms with Crippen LogP contribution in [0.4, 0.5) is 13.2 Å². The number of alkyl halides is 3. The summed E-state index contributed by atoms with van der Waals surface area (Å²) in [5.41, 5.74) is 5.82. The number of fused-ring (bicyclic) bond motifs is 3. The molecule has 6 heteroatoms. The smallest absolute Gasteiger partial charge is 0.306 e. The molecular formula is C24H17F3N2O. The maximum absolute atomic E-state index is 13.3. The Bertz CT molecular complexity index is 1360. The highest BCUT2D eigenvalue weighted by molar-refractivity contribution is 5.95. The van der Waals surface area contributed by atoms with Crippen molar-refractivity contribution in [3.8, 4) is 0 Å². The maximum Gasteiger partial charge on any atom is 0.416 e. The fourth-order valence-electron chi connectivity index (χ4n) is 4.12. The van der Waals surface area contributed by atoms with Gasteiger partial charge in [-0.15, -0.1) is 0 Å². The first-order valence-corrected chi connectivity index (χ1v) is 9.61. The van der Waals surface area contributed by atoms with E-state index in [0.717, 1.165) is 33.9 Å². The van der Waals surface area contributed by atoms with Crippen molar-refractivity contribution < 1.29 is 13.2 Å². The molecule has 0 bridgehead atoms. The van der Waals surface area contributed by atoms with Gasteiger partial charge in [0.25, 0.3) is 0 Å². The Morgan fingerprint density at radius 3 is 2.37 bits per heavy atom. The van der Waals surface area contributed by atoms with Crippen molar-refractivity contribution in [2.75, 3.05) is 0 Å². The molecule has 0 radical (unpaired) electrons. The monoisotopic (exact) mass is 406 g/mol. The molecule has 150 valence electrons. The van der Waals surface area contributed by atoms with Crippen LogP contribution in [-0.4, -0.2) is 9.97 Å². The summed E-state index contributed by atoms with van der Waals surface area (Å²) in [5, 5.41) is 0. The van der Waals surface area contributed by atoms with Gasteiger partial charge < -0.3 is 9.97 Å². The van der Waals surface area contributed by atoms with Crippen LogP contribution in [0.3, 0.4) is 0 Å². The van der Waals surface area contributed by atoms with Crippen LogP contribution in [0.1, 0.15) is 33.4 Å². The summed E-state index contributed by atoms with van der Waals surface area (Å²) in [7, 11) is 0. The van der Waals surface area contributed by atoms with Crippen molar-refractivity contribution in [2.45, 2.75) is 19.0 Å². The molecule has 0 saturated carbocycles. The average Bonchev–Trinajstić information content (AvgIpc) is 3.01. The molecule has 0 unspecified atom stereocenters. The topological polar surface area (TPSA) is 48.6 Å². The zero-order valence-electron chi connectivity index (χ0n) is 15.8. The fraction of sp³-hybridized carbons (Fsp3) is 0.125. The van der Waals surface area contributed by atoms with E-state index in [2.05, 4.69) is 9.97 Å². The standard InChI is InChI=1S/C24H17F3N2O/c25-24(26,27)17-8-9-19-16(13-17)7-6-15-3-1-2-4-18(15)20(19)11-14-5-10-21-22(12-14)29-23(30)28-21/h1-5,8-13H,6-7H2,(H2,28,29,30). The number of hydrogen-bond donors (Lipinski definition) is 2. The van der Waals surface area contributed by atoms with E-state index in [0.29, 0.717) is 29.4 Å². The lowest BCUT2D eigenvalue weighted by Crippen LogP contribution is -2.06. The highest BCUT2D eigenvalue weighted by atomic mass is 19.4. The van der Waals surface area contributed by atoms with Gasteiger partial charge >= 0.3 is 11.9 Å². The van der Waals surface area contributed by atoms with Gasteiger partial charge in [-0.25, -0.2) is 4.79 Å². The third kappa shape index (κ3) is 3.24. The van der Waals surface area contributed by atoms with E-state index in [4.69, 9.17) is 0 Å². The summed E-state index contributed by atoms with van der Waals surface area (Å²) in [6.45, 7) is 0. The maximum atomic E-state index is 13.3. The third-order valence-electron chi connectivity index (χ3n) is 5.54. The molecule has 1 aliphatic rings. The average molecular weight is 406 g/mol. The zero-order valence-corrected chi connectivity index (χ0v) is 15.8. The summed E-state index contributed by atoms with van der Waals surface area (Å²) < 4.78 is 39.8. The first-order chi connectivity index (χ1) is 14.4. The molecule has 4 aromatic rings. The minimum absolute atomic E-state index is 0.278. The molecule has 30 heavy (non-hydrogen) atoms. The molecule has 1 aliphatic carbocycles. The Morgan fingerprint density at radius 1 is 0.800 bits per heavy atom. The van der Waals surface area contributed by atoms with Crippen molar-refractivity contribution in [2.24, 2.45) is 0 Å². The SMILES string of the molecule is O=c1[nH]c2ccc(C=C3c4ccccc4CCc4cc(C(F)(F)F)ccc43)cc2[nH]1. The highest BCUT2D eigenvalue weighted by Crippen LogP contribution is 2.38. The molecule has 1 heterocycles. The first kappa shape index (κ1) is 18.5. The molecule has 3 aromatic carbocycles. The summed E-state index contributed by atoms with van der Waals surface area (Å²) in [6.07, 6.45) is -1.19. The number of rotatable bonds is 1. The lowest BCUT2D eigenvalue weighted by molar-refractivity contribution is -0.137. The van der Waals surface area contributed by atoms with Gasteiger partial charge in [0.05, 0.1) is 16.6 Å². The quantitative estimate of drug-likeness (QED) is 0.427. The Hall–Kier alpha value is -3.54. The van der Waals surface area contributed by atoms with Crippen LogP contribution in [0.15, 0.2) is 65.5 Å². The molecule has 0 atom stereocenters. The minimum atomic E-state index is -4.37. The molecular weight excluding hydrogens is 389 g/mol. The molecule has 0 saturated heterocycles. The number of aryl methyl sites for hydroxylation is 2. The zero-order chi connectivity index (χ0) is 20.9. The van der Waals surface area contributed by atoms with Crippen LogP contribution >= 0.6 is 0 Å². The van der Waals surface area contributed by atoms with Crippen molar-refractivity contribution in [1.82, 2.24) is 9.97 Å². The Labute approximate surface area is 169 Å². The van der Waals surface area contributed by atoms with Gasteiger partial charge in [-0.2, -0.15) is 13.2 Å². The second-order valence-electron chi connectivity index (χ2n) is 7.47. The van der Waals surface area contributed by atoms with Gasteiger partial charge in [-0.1, -0.05) is 36.4 Å². The van der Waals surface area contributed by atoms with Gasteiger partial charge in [0.1, 0.15) is 0 Å². The molecule has 0 fully saturated rings. The lowest BCUT2D eigenvalue weighted by Gasteiger charge is -2.14. The van der Waals surface area contributed by atoms with Crippen molar-refractivity contribution >= 4 is 22.7 Å². The Morgan fingerprint density at radius 2 is 1.53 bits per heavy atom. The Balaban J connectivity index is 1.72. The number of imidazole rings is 1. The normalized spacial score (nSPS) is 15.1. The molecule has 0 amide bonds. The van der Waals surface area contributed by atoms with Gasteiger partial charge in [-0.05, 0) is 76.6 Å². The largest absolute Gasteiger partial charge is 0.416 e. The molecule has 2 N–H and O–H groups in total. The second kappa shape index (κ2) is 6.76. The number of H-pyrrole nitrogens is 2. The van der Waals surface area contributed by atoms with Crippen molar-refractivity contribution in [3.63, 3.8) is 0 Å². The summed E-state index contributed by atoms with van der Waals surface area (Å²) in [4.78, 5) is 17.0. The predicted octanol–water partition coefficient (Wildman–Crippen LogP) is 5.56. The van der Waals surface area contributed by atoms with Gasteiger partial charge in [0, 0.05) is 0 Å². The van der Waals surface area contributed by atoms with E-state index in [1.165, 1.54) is 6.07 Å². The molecule has 3 nitrogen and oxygen atoms in total. The predicted molar refractivity (Wildman–Crippen MR) is 111 cm³/mol. The first-order valence-electron chi connectivity index (χ1n) is 9.61. The van der Waals surface area contributed by atoms with Gasteiger partial charge in [0.15, 0.2) is 0 Å². The van der Waals surface area contributed by atoms with Crippen LogP contribution < -0.4 is 5.69 Å². The second-order valence-corrected chi connectivity index (χ2v) is 7.47. The lowest BCUT2D eigenvalue weighted by atomic mass is 9.91. The number of hydrogen-bond acceptors (Lipinski definition) is 1. The van der Waals surface area contributed by atoms with E-state index in [1.807, 2.05) is 48.5 Å². The van der Waals surface area contributed by atoms with E-state index >= 15 is 0 Å². The van der Waals surface area contributed by atoms with Crippen molar-refractivity contribution in [3.05, 3.63) is 105 Å². The van der Waals surface area contributed by atoms with E-state index in [1.54, 1.807) is 6.07 Å². The van der Waals surface area contributed by atoms with E-state index in [-0.39, 0.29) is 5.69 Å². The molecule has 0 spiro atoms. The van der Waals surface area contributed by atoms with Crippen LogP contribution in [0.25, 0.3) is 22.7 Å². The number of benzene rings is 3. The van der Waals surface area contributed by atoms with Gasteiger partial charge in [0.2, 0.25) is 0 Å². The van der Waals surface area contributed by atoms with E-state index < -0.39 is 11.7 Å². The molecule has 1 aromatic heterocycles. The van der Waals surface area contributed by atoms with Crippen LogP contribution in [0.2, 0.25) is 0 Å². The Kier molecular flexibility index (Phi) is 4.17. The van der Waals surface area contributed by atoms with E-state index in [9.17, 15) is 18.0 Å². The summed E-state index contributed by atoms with van der Waals surface area (Å²) >= 11 is 0. The molecule has 0 aliphatic heterocycles. The minimum Gasteiger partial charge on any atom is -0.306 e. The van der Waals surface area contributed by atoms with Crippen molar-refractivity contribution in [1.29, 1.82) is 0 Å². The van der Waals surface area contributed by atoms with Crippen LogP contribution in [0, 0.1) is 0 Å². The highest BCUT2D eigenvalue weighted by Gasteiger charge is 2.31. The number of halogens is 3. The summed E-state index contributed by atoms with van der Waals surface area (Å²) in [5.74, 6) is 0. The molecule has 5 rings (SSSR count). The number of aromatic amines is 2.